The Balaban J connectivity index is 1.50. The van der Waals surface area contributed by atoms with Crippen LogP contribution in [0.25, 0.3) is 0 Å². The lowest BCUT2D eigenvalue weighted by molar-refractivity contribution is 0.0549. The van der Waals surface area contributed by atoms with Crippen LogP contribution in [0.1, 0.15) is 79.2 Å². The normalized spacial score (nSPS) is 16.9. The number of nitrogens with one attached hydrogen (secondary N) is 2. The topological polar surface area (TPSA) is 78.5 Å². The Morgan fingerprint density at radius 2 is 1.58 bits per heavy atom. The maximum absolute atomic E-state index is 13.0. The SMILES string of the molecule is CC(C)(C)c1ccccc1NC(=O)Nc1ccc2c(c1)C(=O)N(C1CCCCC1)C2=O. The average Bonchev–Trinajstić information content (AvgIpc) is 2.98. The number of amides is 4. The number of carbonyl (C=O) groups is 3. The molecule has 6 nitrogen and oxygen atoms in total. The summed E-state index contributed by atoms with van der Waals surface area (Å²) in [6, 6.07) is 12.2. The molecule has 0 spiro atoms. The zero-order valence-electron chi connectivity index (χ0n) is 18.3. The molecule has 1 saturated carbocycles. The molecule has 0 bridgehead atoms. The van der Waals surface area contributed by atoms with Gasteiger partial charge in [0.05, 0.1) is 11.1 Å². The number of carbonyl (C=O) groups excluding carboxylic acids is 3. The minimum Gasteiger partial charge on any atom is -0.308 e. The summed E-state index contributed by atoms with van der Waals surface area (Å²) in [6.45, 7) is 6.27. The van der Waals surface area contributed by atoms with Crippen molar-refractivity contribution < 1.29 is 14.4 Å². The Hall–Kier alpha value is -3.15. The van der Waals surface area contributed by atoms with Crippen molar-refractivity contribution in [2.24, 2.45) is 0 Å². The van der Waals surface area contributed by atoms with Gasteiger partial charge in [0, 0.05) is 17.4 Å². The average molecular weight is 420 g/mol. The number of urea groups is 1. The summed E-state index contributed by atoms with van der Waals surface area (Å²) < 4.78 is 0. The summed E-state index contributed by atoms with van der Waals surface area (Å²) >= 11 is 0. The van der Waals surface area contributed by atoms with Gasteiger partial charge in [0.25, 0.3) is 11.8 Å². The molecule has 0 unspecified atom stereocenters. The summed E-state index contributed by atoms with van der Waals surface area (Å²) in [4.78, 5) is 39.8. The summed E-state index contributed by atoms with van der Waals surface area (Å²) in [5, 5.41) is 5.70. The molecule has 4 amide bonds. The first-order chi connectivity index (χ1) is 14.8. The molecule has 0 saturated heterocycles. The number of nitrogens with zero attached hydrogens (tertiary/aromatic N) is 1. The molecule has 2 aromatic carbocycles. The largest absolute Gasteiger partial charge is 0.323 e. The van der Waals surface area contributed by atoms with Crippen molar-refractivity contribution in [2.45, 2.75) is 64.3 Å². The van der Waals surface area contributed by atoms with Gasteiger partial charge in [0.1, 0.15) is 0 Å². The minimum absolute atomic E-state index is 0.0187. The van der Waals surface area contributed by atoms with Crippen LogP contribution >= 0.6 is 0 Å². The lowest BCUT2D eigenvalue weighted by atomic mass is 9.86. The molecule has 162 valence electrons. The molecule has 2 aliphatic rings. The van der Waals surface area contributed by atoms with E-state index in [0.29, 0.717) is 16.8 Å². The third kappa shape index (κ3) is 4.20. The number of anilines is 2. The molecule has 0 atom stereocenters. The van der Waals surface area contributed by atoms with Crippen molar-refractivity contribution in [3.8, 4) is 0 Å². The van der Waals surface area contributed by atoms with E-state index in [-0.39, 0.29) is 23.3 Å². The van der Waals surface area contributed by atoms with Crippen LogP contribution in [0.2, 0.25) is 0 Å². The van der Waals surface area contributed by atoms with E-state index in [1.807, 2.05) is 24.3 Å². The number of hydrogen-bond acceptors (Lipinski definition) is 3. The van der Waals surface area contributed by atoms with Crippen molar-refractivity contribution in [3.05, 3.63) is 59.2 Å². The fraction of sp³-hybridized carbons (Fsp3) is 0.400. The molecule has 0 aromatic heterocycles. The van der Waals surface area contributed by atoms with Gasteiger partial charge in [-0.25, -0.2) is 4.79 Å². The van der Waals surface area contributed by atoms with Crippen molar-refractivity contribution in [3.63, 3.8) is 0 Å². The lowest BCUT2D eigenvalue weighted by Crippen LogP contribution is -2.40. The van der Waals surface area contributed by atoms with Crippen molar-refractivity contribution >= 4 is 29.2 Å². The van der Waals surface area contributed by atoms with Gasteiger partial charge in [-0.1, -0.05) is 58.2 Å². The van der Waals surface area contributed by atoms with E-state index in [1.54, 1.807) is 18.2 Å². The molecule has 2 N–H and O–H groups in total. The molecule has 1 aliphatic carbocycles. The predicted molar refractivity (Wildman–Crippen MR) is 122 cm³/mol. The lowest BCUT2D eigenvalue weighted by Gasteiger charge is -2.29. The van der Waals surface area contributed by atoms with Crippen LogP contribution in [0.4, 0.5) is 16.2 Å². The molecule has 0 radical (unpaired) electrons. The highest BCUT2D eigenvalue weighted by Crippen LogP contribution is 2.33. The van der Waals surface area contributed by atoms with E-state index in [4.69, 9.17) is 0 Å². The number of imide groups is 1. The predicted octanol–water partition coefficient (Wildman–Crippen LogP) is 5.56. The quantitative estimate of drug-likeness (QED) is 0.640. The Morgan fingerprint density at radius 1 is 0.903 bits per heavy atom. The number of rotatable bonds is 3. The number of fused-ring (bicyclic) bond motifs is 1. The maximum Gasteiger partial charge on any atom is 0.323 e. The van der Waals surface area contributed by atoms with Gasteiger partial charge in [-0.2, -0.15) is 0 Å². The third-order valence-electron chi connectivity index (χ3n) is 6.10. The second-order valence-electron chi connectivity index (χ2n) is 9.41. The molecule has 6 heteroatoms. The third-order valence-corrected chi connectivity index (χ3v) is 6.10. The van der Waals surface area contributed by atoms with E-state index < -0.39 is 6.03 Å². The van der Waals surface area contributed by atoms with Gasteiger partial charge < -0.3 is 10.6 Å². The van der Waals surface area contributed by atoms with Crippen LogP contribution in [-0.4, -0.2) is 28.8 Å². The monoisotopic (exact) mass is 419 g/mol. The first kappa shape index (κ1) is 21.1. The molecule has 4 rings (SSSR count). The molecule has 1 heterocycles. The van der Waals surface area contributed by atoms with Crippen LogP contribution in [0.3, 0.4) is 0 Å². The molecule has 2 aromatic rings. The Morgan fingerprint density at radius 3 is 2.29 bits per heavy atom. The highest BCUT2D eigenvalue weighted by atomic mass is 16.2. The Bertz CT molecular complexity index is 1030. The molecular formula is C25H29N3O3. The standard InChI is InChI=1S/C25H29N3O3/c1-25(2,3)20-11-7-8-12-21(20)27-24(31)26-16-13-14-18-19(15-16)23(30)28(22(18)29)17-9-5-4-6-10-17/h7-8,11-15,17H,4-6,9-10H2,1-3H3,(H2,26,27,31). The van der Waals surface area contributed by atoms with Crippen molar-refractivity contribution in [1.29, 1.82) is 0 Å². The van der Waals surface area contributed by atoms with Crippen LogP contribution in [0.5, 0.6) is 0 Å². The van der Waals surface area contributed by atoms with E-state index in [1.165, 1.54) is 4.90 Å². The Kier molecular flexibility index (Phi) is 5.56. The van der Waals surface area contributed by atoms with Crippen LogP contribution in [0, 0.1) is 0 Å². The zero-order valence-corrected chi connectivity index (χ0v) is 18.3. The van der Waals surface area contributed by atoms with Crippen LogP contribution in [0.15, 0.2) is 42.5 Å². The fourth-order valence-electron chi connectivity index (χ4n) is 4.54. The second-order valence-corrected chi connectivity index (χ2v) is 9.41. The van der Waals surface area contributed by atoms with Gasteiger partial charge in [-0.3, -0.25) is 14.5 Å². The highest BCUT2D eigenvalue weighted by Gasteiger charge is 2.40. The number of benzene rings is 2. The maximum atomic E-state index is 13.0. The summed E-state index contributed by atoms with van der Waals surface area (Å²) in [5.74, 6) is -0.476. The van der Waals surface area contributed by atoms with Gasteiger partial charge >= 0.3 is 6.03 Å². The summed E-state index contributed by atoms with van der Waals surface area (Å²) in [6.07, 6.45) is 4.97. The van der Waals surface area contributed by atoms with Gasteiger partial charge in [0.2, 0.25) is 0 Å². The van der Waals surface area contributed by atoms with E-state index >= 15 is 0 Å². The molecule has 1 aliphatic heterocycles. The first-order valence-electron chi connectivity index (χ1n) is 10.9. The van der Waals surface area contributed by atoms with Crippen molar-refractivity contribution in [2.75, 3.05) is 10.6 Å². The molecular weight excluding hydrogens is 390 g/mol. The van der Waals surface area contributed by atoms with Gasteiger partial charge in [-0.15, -0.1) is 0 Å². The minimum atomic E-state index is -0.391. The number of hydrogen-bond donors (Lipinski definition) is 2. The summed E-state index contributed by atoms with van der Waals surface area (Å²) in [7, 11) is 0. The van der Waals surface area contributed by atoms with E-state index in [0.717, 1.165) is 43.4 Å². The van der Waals surface area contributed by atoms with Gasteiger partial charge in [-0.05, 0) is 48.1 Å². The summed E-state index contributed by atoms with van der Waals surface area (Å²) in [5.41, 5.74) is 2.91. The number of para-hydroxylation sites is 1. The fourth-order valence-corrected chi connectivity index (χ4v) is 4.54. The van der Waals surface area contributed by atoms with Crippen LogP contribution in [-0.2, 0) is 5.41 Å². The van der Waals surface area contributed by atoms with E-state index in [2.05, 4.69) is 31.4 Å². The second kappa shape index (κ2) is 8.17. The van der Waals surface area contributed by atoms with E-state index in [9.17, 15) is 14.4 Å². The highest BCUT2D eigenvalue weighted by molar-refractivity contribution is 6.22. The smallest absolute Gasteiger partial charge is 0.308 e. The first-order valence-corrected chi connectivity index (χ1v) is 10.9. The van der Waals surface area contributed by atoms with Gasteiger partial charge in [0.15, 0.2) is 0 Å². The van der Waals surface area contributed by atoms with Crippen LogP contribution < -0.4 is 10.6 Å². The van der Waals surface area contributed by atoms with Crippen molar-refractivity contribution in [1.82, 2.24) is 4.90 Å². The Labute approximate surface area is 183 Å². The molecule has 1 fully saturated rings. The molecule has 31 heavy (non-hydrogen) atoms. The zero-order chi connectivity index (χ0) is 22.2.